The first-order valence-electron chi connectivity index (χ1n) is 9.06. The summed E-state index contributed by atoms with van der Waals surface area (Å²) in [6, 6.07) is 16.2. The molecular weight excluding hydrogens is 368 g/mol. The fraction of sp³-hybridized carbons (Fsp3) is 0.0909. The lowest BCUT2D eigenvalue weighted by Crippen LogP contribution is -2.53. The lowest BCUT2D eigenvalue weighted by molar-refractivity contribution is -0.130. The maximum absolute atomic E-state index is 12.8. The van der Waals surface area contributed by atoms with Crippen LogP contribution in [0.15, 0.2) is 72.6 Å². The summed E-state index contributed by atoms with van der Waals surface area (Å²) in [5.41, 5.74) is 3.26. The summed E-state index contributed by atoms with van der Waals surface area (Å²) in [5.74, 6) is -1.35. The van der Waals surface area contributed by atoms with Crippen LogP contribution in [-0.4, -0.2) is 32.5 Å². The Balaban J connectivity index is 1.60. The van der Waals surface area contributed by atoms with Gasteiger partial charge in [-0.25, -0.2) is 9.48 Å². The Kier molecular flexibility index (Phi) is 4.78. The Bertz CT molecular complexity index is 1110. The molecule has 0 spiro atoms. The van der Waals surface area contributed by atoms with Crippen LogP contribution in [0.1, 0.15) is 16.7 Å². The van der Waals surface area contributed by atoms with Crippen molar-refractivity contribution >= 4 is 23.9 Å². The van der Waals surface area contributed by atoms with Crippen molar-refractivity contribution in [2.45, 2.75) is 13.5 Å². The van der Waals surface area contributed by atoms with E-state index in [0.717, 1.165) is 21.7 Å². The van der Waals surface area contributed by atoms with E-state index >= 15 is 0 Å². The molecule has 2 aromatic carbocycles. The minimum absolute atomic E-state index is 0.0821. The molecule has 0 bridgehead atoms. The minimum atomic E-state index is -0.726. The second kappa shape index (κ2) is 7.55. The van der Waals surface area contributed by atoms with Crippen molar-refractivity contribution < 1.29 is 14.4 Å². The van der Waals surface area contributed by atoms with Gasteiger partial charge in [-0.05, 0) is 30.7 Å². The van der Waals surface area contributed by atoms with Gasteiger partial charge in [0.15, 0.2) is 0 Å². The first-order valence-corrected chi connectivity index (χ1v) is 9.06. The van der Waals surface area contributed by atoms with E-state index in [1.54, 1.807) is 17.1 Å². The Morgan fingerprint density at radius 3 is 2.45 bits per heavy atom. The fourth-order valence-corrected chi connectivity index (χ4v) is 3.02. The van der Waals surface area contributed by atoms with E-state index in [1.165, 1.54) is 6.08 Å². The Morgan fingerprint density at radius 2 is 1.72 bits per heavy atom. The van der Waals surface area contributed by atoms with E-state index in [-0.39, 0.29) is 12.1 Å². The quantitative estimate of drug-likeness (QED) is 0.552. The third-order valence-corrected chi connectivity index (χ3v) is 4.58. The highest BCUT2D eigenvalue weighted by atomic mass is 16.2. The third kappa shape index (κ3) is 3.84. The summed E-state index contributed by atoms with van der Waals surface area (Å²) in [7, 11) is 0. The van der Waals surface area contributed by atoms with Gasteiger partial charge in [0.1, 0.15) is 5.57 Å². The molecule has 0 saturated carbocycles. The molecule has 0 unspecified atom stereocenters. The molecule has 7 heteroatoms. The largest absolute Gasteiger partial charge is 0.331 e. The van der Waals surface area contributed by atoms with Gasteiger partial charge in [0.25, 0.3) is 11.8 Å². The number of benzene rings is 2. The highest BCUT2D eigenvalue weighted by Crippen LogP contribution is 2.18. The molecule has 3 aromatic rings. The number of carbonyl (C=O) groups is 3. The van der Waals surface area contributed by atoms with Crippen molar-refractivity contribution in [1.82, 2.24) is 20.0 Å². The minimum Gasteiger partial charge on any atom is -0.273 e. The fourth-order valence-electron chi connectivity index (χ4n) is 3.02. The molecule has 144 valence electrons. The molecule has 29 heavy (non-hydrogen) atoms. The van der Waals surface area contributed by atoms with Gasteiger partial charge in [-0.3, -0.25) is 19.8 Å². The average Bonchev–Trinajstić information content (AvgIpc) is 3.18. The molecule has 0 radical (unpaired) electrons. The number of aryl methyl sites for hydroxylation is 1. The van der Waals surface area contributed by atoms with E-state index in [4.69, 9.17) is 0 Å². The number of nitrogens with one attached hydrogen (secondary N) is 1. The number of hydrogen-bond acceptors (Lipinski definition) is 4. The van der Waals surface area contributed by atoms with Gasteiger partial charge >= 0.3 is 6.03 Å². The van der Waals surface area contributed by atoms with Gasteiger partial charge < -0.3 is 0 Å². The first kappa shape index (κ1) is 18.4. The van der Waals surface area contributed by atoms with E-state index in [9.17, 15) is 14.4 Å². The molecule has 2 heterocycles. The van der Waals surface area contributed by atoms with Crippen LogP contribution in [0.4, 0.5) is 4.79 Å². The molecule has 4 rings (SSSR count). The van der Waals surface area contributed by atoms with Crippen LogP contribution in [0.25, 0.3) is 11.8 Å². The van der Waals surface area contributed by atoms with Crippen molar-refractivity contribution in [3.63, 3.8) is 0 Å². The molecule has 1 aromatic heterocycles. The van der Waals surface area contributed by atoms with E-state index in [1.807, 2.05) is 61.5 Å². The molecule has 7 nitrogen and oxygen atoms in total. The maximum atomic E-state index is 12.8. The van der Waals surface area contributed by atoms with Crippen LogP contribution in [0, 0.1) is 6.92 Å². The van der Waals surface area contributed by atoms with Gasteiger partial charge in [0.05, 0.1) is 18.4 Å². The topological polar surface area (TPSA) is 84.3 Å². The zero-order valence-electron chi connectivity index (χ0n) is 15.7. The molecular formula is C22H18N4O3. The van der Waals surface area contributed by atoms with Crippen molar-refractivity contribution in [2.24, 2.45) is 0 Å². The monoisotopic (exact) mass is 386 g/mol. The van der Waals surface area contributed by atoms with E-state index < -0.39 is 17.8 Å². The second-order valence-electron chi connectivity index (χ2n) is 6.75. The predicted octanol–water partition coefficient (Wildman–Crippen LogP) is 2.84. The number of nitrogens with zero attached hydrogens (tertiary/aromatic N) is 3. The van der Waals surface area contributed by atoms with Crippen molar-refractivity contribution in [3.8, 4) is 5.69 Å². The van der Waals surface area contributed by atoms with E-state index in [2.05, 4.69) is 10.4 Å². The van der Waals surface area contributed by atoms with Gasteiger partial charge in [0, 0.05) is 11.8 Å². The van der Waals surface area contributed by atoms with Gasteiger partial charge in [-0.1, -0.05) is 48.0 Å². The Morgan fingerprint density at radius 1 is 1.00 bits per heavy atom. The van der Waals surface area contributed by atoms with Crippen LogP contribution < -0.4 is 5.32 Å². The molecule has 0 atom stereocenters. The van der Waals surface area contributed by atoms with Gasteiger partial charge in [-0.2, -0.15) is 5.10 Å². The first-order chi connectivity index (χ1) is 14.0. The average molecular weight is 386 g/mol. The predicted molar refractivity (Wildman–Crippen MR) is 107 cm³/mol. The Hall–Kier alpha value is -4.00. The molecule has 1 aliphatic heterocycles. The SMILES string of the molecule is Cc1ccc(-n2cc(/C=C3/C(=O)NC(=O)N(Cc4ccccc4)C3=O)cn2)cc1. The number of urea groups is 1. The number of barbiturate groups is 1. The summed E-state index contributed by atoms with van der Waals surface area (Å²) in [4.78, 5) is 38.3. The third-order valence-electron chi connectivity index (χ3n) is 4.58. The molecule has 1 N–H and O–H groups in total. The molecule has 4 amide bonds. The highest BCUT2D eigenvalue weighted by molar-refractivity contribution is 6.30. The van der Waals surface area contributed by atoms with Crippen molar-refractivity contribution in [1.29, 1.82) is 0 Å². The van der Waals surface area contributed by atoms with Crippen LogP contribution >= 0.6 is 0 Å². The van der Waals surface area contributed by atoms with Crippen molar-refractivity contribution in [2.75, 3.05) is 0 Å². The number of hydrogen-bond donors (Lipinski definition) is 1. The maximum Gasteiger partial charge on any atom is 0.331 e. The summed E-state index contributed by atoms with van der Waals surface area (Å²) in [5, 5.41) is 6.51. The zero-order chi connectivity index (χ0) is 20.4. The Labute approximate surface area is 167 Å². The molecule has 1 aliphatic rings. The molecule has 0 aliphatic carbocycles. The lowest BCUT2D eigenvalue weighted by Gasteiger charge is -2.26. The summed E-state index contributed by atoms with van der Waals surface area (Å²) >= 11 is 0. The number of imide groups is 2. The van der Waals surface area contributed by atoms with Gasteiger partial charge in [-0.15, -0.1) is 0 Å². The summed E-state index contributed by atoms with van der Waals surface area (Å²) < 4.78 is 1.66. The van der Waals surface area contributed by atoms with Crippen LogP contribution in [-0.2, 0) is 16.1 Å². The molecule has 1 saturated heterocycles. The molecule has 1 fully saturated rings. The van der Waals surface area contributed by atoms with Crippen molar-refractivity contribution in [3.05, 3.63) is 89.3 Å². The van der Waals surface area contributed by atoms with E-state index in [0.29, 0.717) is 5.56 Å². The lowest BCUT2D eigenvalue weighted by atomic mass is 10.1. The highest BCUT2D eigenvalue weighted by Gasteiger charge is 2.35. The van der Waals surface area contributed by atoms with Crippen LogP contribution in [0.5, 0.6) is 0 Å². The number of aromatic nitrogens is 2. The summed E-state index contributed by atoms with van der Waals surface area (Å²) in [6.45, 7) is 2.08. The summed E-state index contributed by atoms with van der Waals surface area (Å²) in [6.07, 6.45) is 4.72. The second-order valence-corrected chi connectivity index (χ2v) is 6.75. The van der Waals surface area contributed by atoms with Gasteiger partial charge in [0.2, 0.25) is 0 Å². The standard InChI is InChI=1S/C22H18N4O3/c1-15-7-9-18(10-8-15)26-14-17(12-23-26)11-19-20(27)24-22(29)25(21(19)28)13-16-5-3-2-4-6-16/h2-12,14H,13H2,1H3,(H,24,27,29)/b19-11-. The number of rotatable bonds is 4. The zero-order valence-corrected chi connectivity index (χ0v) is 15.7. The smallest absolute Gasteiger partial charge is 0.273 e. The number of amides is 4. The number of carbonyl (C=O) groups excluding carboxylic acids is 3. The van der Waals surface area contributed by atoms with Crippen LogP contribution in [0.3, 0.4) is 0 Å². The normalized spacial score (nSPS) is 15.7. The van der Waals surface area contributed by atoms with Crippen LogP contribution in [0.2, 0.25) is 0 Å².